The fraction of sp³-hybridized carbons (Fsp3) is 0.733. The molecule has 0 amide bonds. The molecule has 1 atom stereocenters. The summed E-state index contributed by atoms with van der Waals surface area (Å²) in [5.74, 6) is 0.986. The van der Waals surface area contributed by atoms with Crippen LogP contribution < -0.4 is 0 Å². The van der Waals surface area contributed by atoms with E-state index in [-0.39, 0.29) is 5.38 Å². The van der Waals surface area contributed by atoms with Gasteiger partial charge < -0.3 is 4.57 Å². The first-order chi connectivity index (χ1) is 9.47. The number of alkyl halides is 1. The number of nitrogens with zero attached hydrogens (tertiary/aromatic N) is 4. The van der Waals surface area contributed by atoms with E-state index in [1.54, 1.807) is 0 Å². The Balaban J connectivity index is 2.09. The average molecular weight is 295 g/mol. The first-order valence-electron chi connectivity index (χ1n) is 7.51. The predicted molar refractivity (Wildman–Crippen MR) is 82.1 cm³/mol. The molecule has 4 nitrogen and oxygen atoms in total. The maximum atomic E-state index is 6.35. The van der Waals surface area contributed by atoms with Crippen molar-refractivity contribution in [3.8, 4) is 0 Å². The van der Waals surface area contributed by atoms with Crippen LogP contribution in [0.2, 0.25) is 0 Å². The van der Waals surface area contributed by atoms with Crippen LogP contribution in [0.4, 0.5) is 0 Å². The molecule has 0 saturated heterocycles. The van der Waals surface area contributed by atoms with Gasteiger partial charge >= 0.3 is 0 Å². The van der Waals surface area contributed by atoms with Gasteiger partial charge in [0.1, 0.15) is 11.3 Å². The number of imidazole rings is 1. The van der Waals surface area contributed by atoms with Crippen LogP contribution in [0.1, 0.15) is 56.4 Å². The average Bonchev–Trinajstić information content (AvgIpc) is 2.92. The molecule has 0 spiro atoms. The molecule has 1 aliphatic carbocycles. The van der Waals surface area contributed by atoms with Gasteiger partial charge in [0.2, 0.25) is 0 Å². The van der Waals surface area contributed by atoms with Crippen molar-refractivity contribution in [3.63, 3.8) is 0 Å². The maximum Gasteiger partial charge on any atom is 0.158 e. The highest BCUT2D eigenvalue weighted by Gasteiger charge is 2.43. The lowest BCUT2D eigenvalue weighted by atomic mass is 10.0. The third-order valence-electron chi connectivity index (χ3n) is 4.51. The van der Waals surface area contributed by atoms with Crippen molar-refractivity contribution < 1.29 is 0 Å². The van der Waals surface area contributed by atoms with E-state index < -0.39 is 0 Å². The second-order valence-corrected chi connectivity index (χ2v) is 6.96. The molecule has 2 aromatic rings. The quantitative estimate of drug-likeness (QED) is 0.783. The van der Waals surface area contributed by atoms with Gasteiger partial charge in [-0.1, -0.05) is 13.3 Å². The Morgan fingerprint density at radius 1 is 1.40 bits per heavy atom. The second-order valence-electron chi connectivity index (χ2n) is 6.30. The van der Waals surface area contributed by atoms with E-state index >= 15 is 0 Å². The smallest absolute Gasteiger partial charge is 0.158 e. The van der Waals surface area contributed by atoms with Gasteiger partial charge in [-0.3, -0.25) is 4.68 Å². The Kier molecular flexibility index (Phi) is 3.32. The van der Waals surface area contributed by atoms with Crippen LogP contribution in [-0.2, 0) is 13.6 Å². The molecular formula is C15H23ClN4. The summed E-state index contributed by atoms with van der Waals surface area (Å²) in [6.45, 7) is 7.31. The van der Waals surface area contributed by atoms with Gasteiger partial charge in [-0.15, -0.1) is 11.6 Å². The normalized spacial score (nSPS) is 18.6. The minimum atomic E-state index is -0.0702. The molecule has 0 radical (unpaired) electrons. The van der Waals surface area contributed by atoms with Gasteiger partial charge in [-0.25, -0.2) is 4.98 Å². The minimum Gasteiger partial charge on any atom is -0.311 e. The molecule has 0 N–H and O–H groups in total. The molecule has 0 aromatic carbocycles. The number of hydrogen-bond donors (Lipinski definition) is 0. The number of aromatic nitrogens is 4. The van der Waals surface area contributed by atoms with E-state index in [0.717, 1.165) is 29.2 Å². The fourth-order valence-electron chi connectivity index (χ4n) is 3.34. The van der Waals surface area contributed by atoms with E-state index in [0.29, 0.717) is 5.41 Å². The minimum absolute atomic E-state index is 0.0702. The third-order valence-corrected chi connectivity index (χ3v) is 4.70. The number of fused-ring (bicyclic) bond motifs is 1. The number of hydrogen-bond acceptors (Lipinski definition) is 2. The van der Waals surface area contributed by atoms with E-state index in [1.165, 1.54) is 25.7 Å². The van der Waals surface area contributed by atoms with Crippen LogP contribution in [0.15, 0.2) is 0 Å². The van der Waals surface area contributed by atoms with Crippen LogP contribution >= 0.6 is 11.6 Å². The lowest BCUT2D eigenvalue weighted by molar-refractivity contribution is 0.384. The molecule has 2 aromatic heterocycles. The standard InChI is InChI=1S/C15H23ClN4/c1-5-6-15(7-8-15)9-20-13(10(2)16)17-12-11(3)18-19(4)14(12)20/h10H,5-9H2,1-4H3. The van der Waals surface area contributed by atoms with Crippen LogP contribution in [0.25, 0.3) is 11.2 Å². The Bertz CT molecular complexity index is 634. The summed E-state index contributed by atoms with van der Waals surface area (Å²) < 4.78 is 4.26. The van der Waals surface area contributed by atoms with Crippen molar-refractivity contribution >= 4 is 22.8 Å². The summed E-state index contributed by atoms with van der Waals surface area (Å²) in [6, 6.07) is 0. The number of halogens is 1. The van der Waals surface area contributed by atoms with Gasteiger partial charge in [0.05, 0.1) is 11.1 Å². The van der Waals surface area contributed by atoms with Gasteiger partial charge in [-0.2, -0.15) is 5.10 Å². The van der Waals surface area contributed by atoms with Crippen molar-refractivity contribution in [2.45, 2.75) is 58.4 Å². The van der Waals surface area contributed by atoms with Gasteiger partial charge in [0.25, 0.3) is 0 Å². The lowest BCUT2D eigenvalue weighted by Crippen LogP contribution is -2.16. The zero-order valence-corrected chi connectivity index (χ0v) is 13.5. The Hall–Kier alpha value is -1.03. The summed E-state index contributed by atoms with van der Waals surface area (Å²) in [6.07, 6.45) is 5.19. The van der Waals surface area contributed by atoms with E-state index in [1.807, 2.05) is 25.6 Å². The molecule has 1 aliphatic rings. The molecule has 1 saturated carbocycles. The SMILES string of the molecule is CCCC1(Cn2c(C(C)Cl)nc3c(C)nn(C)c32)CC1. The second kappa shape index (κ2) is 4.76. The summed E-state index contributed by atoms with van der Waals surface area (Å²) in [5.41, 5.74) is 3.58. The van der Waals surface area contributed by atoms with Crippen molar-refractivity contribution in [3.05, 3.63) is 11.5 Å². The Labute approximate surface area is 125 Å². The summed E-state index contributed by atoms with van der Waals surface area (Å²) in [7, 11) is 2.00. The Morgan fingerprint density at radius 2 is 2.10 bits per heavy atom. The highest BCUT2D eigenvalue weighted by molar-refractivity contribution is 6.20. The van der Waals surface area contributed by atoms with E-state index in [2.05, 4.69) is 16.6 Å². The van der Waals surface area contributed by atoms with Crippen LogP contribution in [-0.4, -0.2) is 19.3 Å². The first kappa shape index (κ1) is 13.9. The molecule has 0 aliphatic heterocycles. The van der Waals surface area contributed by atoms with Crippen LogP contribution in [0.5, 0.6) is 0 Å². The molecule has 2 heterocycles. The van der Waals surface area contributed by atoms with Gasteiger partial charge in [-0.05, 0) is 38.5 Å². The van der Waals surface area contributed by atoms with E-state index in [9.17, 15) is 0 Å². The van der Waals surface area contributed by atoms with Crippen LogP contribution in [0, 0.1) is 12.3 Å². The van der Waals surface area contributed by atoms with Crippen molar-refractivity contribution in [2.75, 3.05) is 0 Å². The predicted octanol–water partition coefficient (Wildman–Crippen LogP) is 3.96. The lowest BCUT2D eigenvalue weighted by Gasteiger charge is -2.18. The van der Waals surface area contributed by atoms with Crippen LogP contribution in [0.3, 0.4) is 0 Å². The van der Waals surface area contributed by atoms with Crippen molar-refractivity contribution in [1.82, 2.24) is 19.3 Å². The first-order valence-corrected chi connectivity index (χ1v) is 7.95. The molecular weight excluding hydrogens is 272 g/mol. The molecule has 3 rings (SSSR count). The highest BCUT2D eigenvalue weighted by atomic mass is 35.5. The topological polar surface area (TPSA) is 35.6 Å². The molecule has 1 unspecified atom stereocenters. The summed E-state index contributed by atoms with van der Waals surface area (Å²) in [4.78, 5) is 4.75. The monoisotopic (exact) mass is 294 g/mol. The molecule has 5 heteroatoms. The Morgan fingerprint density at radius 3 is 2.65 bits per heavy atom. The molecule has 0 bridgehead atoms. The zero-order chi connectivity index (χ0) is 14.5. The number of rotatable bonds is 5. The summed E-state index contributed by atoms with van der Waals surface area (Å²) >= 11 is 6.35. The maximum absolute atomic E-state index is 6.35. The highest BCUT2D eigenvalue weighted by Crippen LogP contribution is 2.51. The van der Waals surface area contributed by atoms with Crippen molar-refractivity contribution in [2.24, 2.45) is 12.5 Å². The molecule has 1 fully saturated rings. The third kappa shape index (κ3) is 2.14. The van der Waals surface area contributed by atoms with E-state index in [4.69, 9.17) is 16.6 Å². The number of aryl methyl sites for hydroxylation is 2. The molecule has 20 heavy (non-hydrogen) atoms. The van der Waals surface area contributed by atoms with Crippen molar-refractivity contribution in [1.29, 1.82) is 0 Å². The molecule has 110 valence electrons. The largest absolute Gasteiger partial charge is 0.311 e. The zero-order valence-electron chi connectivity index (χ0n) is 12.8. The summed E-state index contributed by atoms with van der Waals surface area (Å²) in [5, 5.41) is 4.43. The van der Waals surface area contributed by atoms with Gasteiger partial charge in [0, 0.05) is 13.6 Å². The fourth-order valence-corrected chi connectivity index (χ4v) is 3.51. The van der Waals surface area contributed by atoms with Gasteiger partial charge in [0.15, 0.2) is 5.65 Å².